The van der Waals surface area contributed by atoms with Crippen molar-refractivity contribution in [3.63, 3.8) is 0 Å². The minimum atomic E-state index is -3.65. The van der Waals surface area contributed by atoms with Gasteiger partial charge in [0.2, 0.25) is 0 Å². The first-order chi connectivity index (χ1) is 12.8. The minimum absolute atomic E-state index is 0.0837. The summed E-state index contributed by atoms with van der Waals surface area (Å²) >= 11 is 0. The Kier molecular flexibility index (Phi) is 5.27. The smallest absolute Gasteiger partial charge is 0.263 e. The highest BCUT2D eigenvalue weighted by atomic mass is 32.2. The summed E-state index contributed by atoms with van der Waals surface area (Å²) in [6, 6.07) is 9.46. The number of carbonyl (C=O) groups is 1. The van der Waals surface area contributed by atoms with Gasteiger partial charge in [-0.2, -0.15) is 0 Å². The fourth-order valence-electron chi connectivity index (χ4n) is 2.84. The van der Waals surface area contributed by atoms with E-state index in [4.69, 9.17) is 0 Å². The molecule has 2 heterocycles. The van der Waals surface area contributed by atoms with Gasteiger partial charge in [-0.15, -0.1) is 0 Å². The van der Waals surface area contributed by atoms with Gasteiger partial charge in [-0.25, -0.2) is 13.4 Å². The summed E-state index contributed by atoms with van der Waals surface area (Å²) in [5.41, 5.74) is 1.46. The zero-order chi connectivity index (χ0) is 19.6. The number of sulfonamides is 1. The number of fused-ring (bicyclic) bond motifs is 1. The predicted octanol–water partition coefficient (Wildman–Crippen LogP) is 2.48. The van der Waals surface area contributed by atoms with Crippen molar-refractivity contribution in [1.82, 2.24) is 9.71 Å². The van der Waals surface area contributed by atoms with Crippen LogP contribution in [0.5, 0.6) is 0 Å². The highest BCUT2D eigenvalue weighted by molar-refractivity contribution is 7.90. The molecule has 2 N–H and O–H groups in total. The van der Waals surface area contributed by atoms with E-state index < -0.39 is 16.1 Å². The highest BCUT2D eigenvalue weighted by Crippen LogP contribution is 2.24. The first kappa shape index (κ1) is 19.0. The van der Waals surface area contributed by atoms with E-state index in [0.717, 1.165) is 5.56 Å². The highest BCUT2D eigenvalue weighted by Gasteiger charge is 2.33. The molecule has 1 aliphatic heterocycles. The molecule has 0 aliphatic carbocycles. The van der Waals surface area contributed by atoms with Gasteiger partial charge in [-0.05, 0) is 42.7 Å². The van der Waals surface area contributed by atoms with Gasteiger partial charge in [0, 0.05) is 11.8 Å². The van der Waals surface area contributed by atoms with Crippen LogP contribution in [0.1, 0.15) is 31.4 Å². The summed E-state index contributed by atoms with van der Waals surface area (Å²) in [5.74, 6) is 0.238. The lowest BCUT2D eigenvalue weighted by molar-refractivity contribution is -0.118. The fourth-order valence-corrected chi connectivity index (χ4v) is 4.08. The van der Waals surface area contributed by atoms with E-state index in [9.17, 15) is 13.2 Å². The van der Waals surface area contributed by atoms with Crippen molar-refractivity contribution in [2.45, 2.75) is 38.1 Å². The molecule has 0 fully saturated rings. The summed E-state index contributed by atoms with van der Waals surface area (Å²) in [7, 11) is -3.65. The second-order valence-corrected chi connectivity index (χ2v) is 8.27. The molecule has 142 valence electrons. The maximum absolute atomic E-state index is 12.8. The minimum Gasteiger partial charge on any atom is -0.309 e. The molecule has 1 aromatic carbocycles. The molecule has 0 bridgehead atoms. The summed E-state index contributed by atoms with van der Waals surface area (Å²) < 4.78 is 27.0. The number of aryl methyl sites for hydroxylation is 1. The third-order valence-corrected chi connectivity index (χ3v) is 5.95. The van der Waals surface area contributed by atoms with Gasteiger partial charge in [0.25, 0.3) is 15.9 Å². The Morgan fingerprint density at radius 3 is 2.74 bits per heavy atom. The number of hydrogen-bond donors (Lipinski definition) is 2. The molecule has 2 atom stereocenters. The van der Waals surface area contributed by atoms with Crippen molar-refractivity contribution < 1.29 is 13.2 Å². The Hall–Kier alpha value is -2.74. The molecule has 0 saturated heterocycles. The van der Waals surface area contributed by atoms with Crippen molar-refractivity contribution >= 4 is 27.6 Å². The van der Waals surface area contributed by atoms with Gasteiger partial charge >= 0.3 is 0 Å². The van der Waals surface area contributed by atoms with Gasteiger partial charge in [-0.1, -0.05) is 32.4 Å². The number of carbonyl (C=O) groups excluding carboxylic acids is 1. The van der Waals surface area contributed by atoms with Gasteiger partial charge in [0.05, 0.1) is 4.90 Å². The fraction of sp³-hybridized carbons (Fsp3) is 0.316. The summed E-state index contributed by atoms with van der Waals surface area (Å²) in [6.07, 6.45) is 2.33. The number of amides is 1. The molecule has 0 saturated carbocycles. The Labute approximate surface area is 159 Å². The second kappa shape index (κ2) is 7.48. The van der Waals surface area contributed by atoms with E-state index >= 15 is 0 Å². The van der Waals surface area contributed by atoms with Crippen molar-refractivity contribution in [3.05, 3.63) is 53.7 Å². The molecule has 0 radical (unpaired) electrons. The molecule has 27 heavy (non-hydrogen) atoms. The van der Waals surface area contributed by atoms with Gasteiger partial charge in [0.15, 0.2) is 0 Å². The monoisotopic (exact) mass is 386 g/mol. The van der Waals surface area contributed by atoms with Crippen LogP contribution in [0.4, 0.5) is 5.82 Å². The number of nitrogens with one attached hydrogen (secondary N) is 2. The van der Waals surface area contributed by atoms with E-state index in [-0.39, 0.29) is 22.6 Å². The Bertz CT molecular complexity index is 1000. The molecule has 1 amide bonds. The van der Waals surface area contributed by atoms with Crippen LogP contribution in [0.25, 0.3) is 0 Å². The Morgan fingerprint density at radius 1 is 1.30 bits per heavy atom. The Balaban J connectivity index is 1.95. The molecule has 1 aromatic heterocycles. The van der Waals surface area contributed by atoms with Crippen LogP contribution in [0, 0.1) is 12.8 Å². The van der Waals surface area contributed by atoms with E-state index in [1.165, 1.54) is 6.07 Å². The van der Waals surface area contributed by atoms with Crippen molar-refractivity contribution in [3.8, 4) is 0 Å². The summed E-state index contributed by atoms with van der Waals surface area (Å²) in [4.78, 5) is 21.7. The van der Waals surface area contributed by atoms with E-state index in [0.29, 0.717) is 17.8 Å². The number of anilines is 1. The summed E-state index contributed by atoms with van der Waals surface area (Å²) in [5, 5.41) is 2.78. The number of benzene rings is 1. The van der Waals surface area contributed by atoms with Crippen LogP contribution in [0.15, 0.2) is 52.5 Å². The molecular weight excluding hydrogens is 364 g/mol. The largest absolute Gasteiger partial charge is 0.309 e. The van der Waals surface area contributed by atoms with Gasteiger partial charge in [0.1, 0.15) is 17.7 Å². The van der Waals surface area contributed by atoms with Crippen molar-refractivity contribution in [1.29, 1.82) is 0 Å². The van der Waals surface area contributed by atoms with Crippen LogP contribution in [0.3, 0.4) is 0 Å². The number of aliphatic imine (C=N–C) groups is 1. The SMILES string of the molecule is CC[C@H](C)[C@@H](N=C1NS(=O)(=O)c2ccccc21)C(=O)Nc1cc(C)ccn1. The zero-order valence-corrected chi connectivity index (χ0v) is 16.2. The van der Waals surface area contributed by atoms with E-state index in [1.807, 2.05) is 26.8 Å². The molecule has 3 rings (SSSR count). The lowest BCUT2D eigenvalue weighted by Crippen LogP contribution is -2.35. The molecular formula is C19H22N4O3S. The average molecular weight is 386 g/mol. The lowest BCUT2D eigenvalue weighted by atomic mass is 9.98. The van der Waals surface area contributed by atoms with Gasteiger partial charge < -0.3 is 5.32 Å². The molecule has 8 heteroatoms. The predicted molar refractivity (Wildman–Crippen MR) is 104 cm³/mol. The van der Waals surface area contributed by atoms with Crippen LogP contribution >= 0.6 is 0 Å². The molecule has 0 spiro atoms. The van der Waals surface area contributed by atoms with Crippen LogP contribution < -0.4 is 10.0 Å². The standard InChI is InChI=1S/C19H22N4O3S/c1-4-13(3)17(19(24)21-16-11-12(2)9-10-20-16)22-18-14-7-5-6-8-15(14)27(25,26)23-18/h5-11,13,17H,4H2,1-3H3,(H,22,23)(H,20,21,24)/t13-,17+/m0/s1. The number of amidine groups is 1. The molecule has 2 aromatic rings. The van der Waals surface area contributed by atoms with Crippen LogP contribution in [0.2, 0.25) is 0 Å². The maximum atomic E-state index is 12.8. The summed E-state index contributed by atoms with van der Waals surface area (Å²) in [6.45, 7) is 5.78. The Morgan fingerprint density at radius 2 is 2.04 bits per heavy atom. The maximum Gasteiger partial charge on any atom is 0.263 e. The quantitative estimate of drug-likeness (QED) is 0.824. The van der Waals surface area contributed by atoms with E-state index in [2.05, 4.69) is 20.0 Å². The first-order valence-corrected chi connectivity index (χ1v) is 10.2. The first-order valence-electron chi connectivity index (χ1n) is 8.75. The number of aromatic nitrogens is 1. The van der Waals surface area contributed by atoms with Gasteiger partial charge in [-0.3, -0.25) is 14.5 Å². The molecule has 0 unspecified atom stereocenters. The van der Waals surface area contributed by atoms with Crippen molar-refractivity contribution in [2.75, 3.05) is 5.32 Å². The normalized spacial score (nSPS) is 18.4. The number of nitrogens with zero attached hydrogens (tertiary/aromatic N) is 2. The van der Waals surface area contributed by atoms with Crippen molar-refractivity contribution in [2.24, 2.45) is 10.9 Å². The number of hydrogen-bond acceptors (Lipinski definition) is 5. The zero-order valence-electron chi connectivity index (χ0n) is 15.4. The van der Waals surface area contributed by atoms with Crippen LogP contribution in [-0.2, 0) is 14.8 Å². The molecule has 1 aliphatic rings. The lowest BCUT2D eigenvalue weighted by Gasteiger charge is -2.19. The van der Waals surface area contributed by atoms with E-state index in [1.54, 1.807) is 30.5 Å². The number of pyridine rings is 1. The topological polar surface area (TPSA) is 101 Å². The molecule has 7 nitrogen and oxygen atoms in total. The second-order valence-electron chi connectivity index (χ2n) is 6.62. The third kappa shape index (κ3) is 4.00. The number of rotatable bonds is 5. The third-order valence-electron chi connectivity index (χ3n) is 4.55. The van der Waals surface area contributed by atoms with Crippen LogP contribution in [-0.4, -0.2) is 31.2 Å². The average Bonchev–Trinajstić information content (AvgIpc) is 2.90.